The molecule has 1 saturated heterocycles. The van der Waals surface area contributed by atoms with Crippen LogP contribution < -0.4 is 5.32 Å². The molecule has 4 nitrogen and oxygen atoms in total. The van der Waals surface area contributed by atoms with Crippen LogP contribution in [-0.4, -0.2) is 38.4 Å². The van der Waals surface area contributed by atoms with Crippen molar-refractivity contribution in [2.24, 2.45) is 0 Å². The van der Waals surface area contributed by atoms with E-state index in [0.29, 0.717) is 30.2 Å². The van der Waals surface area contributed by atoms with E-state index in [0.717, 1.165) is 6.42 Å². The van der Waals surface area contributed by atoms with Crippen LogP contribution in [0.1, 0.15) is 16.8 Å². The predicted octanol–water partition coefficient (Wildman–Crippen LogP) is 1.51. The third-order valence-corrected chi connectivity index (χ3v) is 3.61. The van der Waals surface area contributed by atoms with Gasteiger partial charge in [-0.15, -0.1) is 12.6 Å². The molecule has 0 bridgehead atoms. The molecular weight excluding hydrogens is 250 g/mol. The number of hydrogen-bond acceptors (Lipinski definition) is 4. The van der Waals surface area contributed by atoms with Crippen LogP contribution >= 0.6 is 12.6 Å². The molecule has 1 aromatic carbocycles. The second kappa shape index (κ2) is 5.73. The van der Waals surface area contributed by atoms with Crippen molar-refractivity contribution in [3.63, 3.8) is 0 Å². The van der Waals surface area contributed by atoms with E-state index in [-0.39, 0.29) is 11.5 Å². The van der Waals surface area contributed by atoms with E-state index in [2.05, 4.69) is 17.9 Å². The smallest absolute Gasteiger partial charge is 0.252 e. The van der Waals surface area contributed by atoms with Crippen molar-refractivity contribution in [1.29, 1.82) is 0 Å². The Hall–Kier alpha value is -1.04. The van der Waals surface area contributed by atoms with Gasteiger partial charge in [-0.25, -0.2) is 0 Å². The maximum absolute atomic E-state index is 12.0. The molecule has 1 heterocycles. The first-order chi connectivity index (χ1) is 8.67. The molecule has 1 aliphatic rings. The first-order valence-corrected chi connectivity index (χ1v) is 6.31. The number of benzene rings is 1. The molecule has 0 aromatic heterocycles. The monoisotopic (exact) mass is 267 g/mol. The zero-order chi connectivity index (χ0) is 13.0. The van der Waals surface area contributed by atoms with Crippen LogP contribution in [0, 0.1) is 0 Å². The predicted molar refractivity (Wildman–Crippen MR) is 71.2 cm³/mol. The molecule has 1 N–H and O–H groups in total. The lowest BCUT2D eigenvalue weighted by Crippen LogP contribution is -2.45. The molecule has 18 heavy (non-hydrogen) atoms. The quantitative estimate of drug-likeness (QED) is 0.813. The topological polar surface area (TPSA) is 47.6 Å². The van der Waals surface area contributed by atoms with Crippen LogP contribution in [0.4, 0.5) is 0 Å². The highest BCUT2D eigenvalue weighted by molar-refractivity contribution is 7.80. The Balaban J connectivity index is 1.98. The van der Waals surface area contributed by atoms with Crippen molar-refractivity contribution in [2.45, 2.75) is 16.9 Å². The Labute approximate surface area is 112 Å². The van der Waals surface area contributed by atoms with Gasteiger partial charge in [0.05, 0.1) is 12.2 Å². The second-order valence-electron chi connectivity index (χ2n) is 4.39. The van der Waals surface area contributed by atoms with Crippen molar-refractivity contribution in [2.75, 3.05) is 26.9 Å². The number of carbonyl (C=O) groups is 1. The summed E-state index contributed by atoms with van der Waals surface area (Å²) in [7, 11) is 1.65. The fourth-order valence-electron chi connectivity index (χ4n) is 1.96. The number of rotatable bonds is 4. The summed E-state index contributed by atoms with van der Waals surface area (Å²) in [4.78, 5) is 12.7. The number of ether oxygens (including phenoxy) is 2. The van der Waals surface area contributed by atoms with Gasteiger partial charge in [-0.3, -0.25) is 4.79 Å². The van der Waals surface area contributed by atoms with E-state index in [1.165, 1.54) is 0 Å². The van der Waals surface area contributed by atoms with E-state index in [9.17, 15) is 4.79 Å². The summed E-state index contributed by atoms with van der Waals surface area (Å²) in [6.07, 6.45) is 0.798. The molecule has 1 aliphatic heterocycles. The molecule has 0 aliphatic carbocycles. The first kappa shape index (κ1) is 13.4. The summed E-state index contributed by atoms with van der Waals surface area (Å²) in [5.41, 5.74) is 0.187. The average Bonchev–Trinajstić information content (AvgIpc) is 2.86. The lowest BCUT2D eigenvalue weighted by atomic mass is 10.0. The van der Waals surface area contributed by atoms with E-state index < -0.39 is 0 Å². The van der Waals surface area contributed by atoms with Crippen molar-refractivity contribution in [3.05, 3.63) is 29.8 Å². The highest BCUT2D eigenvalue weighted by Crippen LogP contribution is 2.22. The standard InChI is InChI=1S/C13H17NO3S/c1-16-13(6-7-17-9-13)8-14-12(15)10-4-2-3-5-11(10)18/h2-5,18H,6-9H2,1H3,(H,14,15). The van der Waals surface area contributed by atoms with Gasteiger partial charge in [0, 0.05) is 31.6 Å². The van der Waals surface area contributed by atoms with Gasteiger partial charge < -0.3 is 14.8 Å². The summed E-state index contributed by atoms with van der Waals surface area (Å²) in [6, 6.07) is 7.21. The van der Waals surface area contributed by atoms with Crippen molar-refractivity contribution >= 4 is 18.5 Å². The molecule has 0 saturated carbocycles. The van der Waals surface area contributed by atoms with E-state index in [4.69, 9.17) is 9.47 Å². The van der Waals surface area contributed by atoms with Gasteiger partial charge in [-0.1, -0.05) is 12.1 Å². The molecule has 1 fully saturated rings. The van der Waals surface area contributed by atoms with Crippen molar-refractivity contribution < 1.29 is 14.3 Å². The fourth-order valence-corrected chi connectivity index (χ4v) is 2.23. The van der Waals surface area contributed by atoms with Gasteiger partial charge in [0.2, 0.25) is 0 Å². The minimum atomic E-state index is -0.388. The number of carbonyl (C=O) groups excluding carboxylic acids is 1. The number of thiol groups is 1. The highest BCUT2D eigenvalue weighted by Gasteiger charge is 2.35. The van der Waals surface area contributed by atoms with Crippen LogP contribution in [-0.2, 0) is 9.47 Å². The number of hydrogen-bond donors (Lipinski definition) is 2. The molecule has 1 aromatic rings. The molecule has 5 heteroatoms. The average molecular weight is 267 g/mol. The van der Waals surface area contributed by atoms with Gasteiger partial charge in [0.15, 0.2) is 0 Å². The Morgan fingerprint density at radius 3 is 2.94 bits per heavy atom. The lowest BCUT2D eigenvalue weighted by Gasteiger charge is -2.25. The Bertz CT molecular complexity index is 430. The van der Waals surface area contributed by atoms with Crippen LogP contribution in [0.5, 0.6) is 0 Å². The summed E-state index contributed by atoms with van der Waals surface area (Å²) >= 11 is 4.27. The van der Waals surface area contributed by atoms with Gasteiger partial charge in [0.1, 0.15) is 5.60 Å². The van der Waals surface area contributed by atoms with Crippen LogP contribution in [0.15, 0.2) is 29.2 Å². The van der Waals surface area contributed by atoms with E-state index in [1.54, 1.807) is 19.2 Å². The van der Waals surface area contributed by atoms with E-state index in [1.807, 2.05) is 12.1 Å². The zero-order valence-electron chi connectivity index (χ0n) is 10.3. The minimum absolute atomic E-state index is 0.135. The number of methoxy groups -OCH3 is 1. The van der Waals surface area contributed by atoms with Crippen molar-refractivity contribution in [3.8, 4) is 0 Å². The molecular formula is C13H17NO3S. The maximum atomic E-state index is 12.0. The Kier molecular flexibility index (Phi) is 4.27. The maximum Gasteiger partial charge on any atom is 0.252 e. The van der Waals surface area contributed by atoms with Crippen LogP contribution in [0.2, 0.25) is 0 Å². The third-order valence-electron chi connectivity index (χ3n) is 3.22. The lowest BCUT2D eigenvalue weighted by molar-refractivity contribution is -0.0148. The SMILES string of the molecule is COC1(CNC(=O)c2ccccc2S)CCOC1. The zero-order valence-corrected chi connectivity index (χ0v) is 11.2. The largest absolute Gasteiger partial charge is 0.378 e. The molecule has 0 spiro atoms. The third kappa shape index (κ3) is 2.85. The normalized spacial score (nSPS) is 23.0. The van der Waals surface area contributed by atoms with Gasteiger partial charge in [0.25, 0.3) is 5.91 Å². The number of amides is 1. The van der Waals surface area contributed by atoms with Crippen LogP contribution in [0.25, 0.3) is 0 Å². The molecule has 98 valence electrons. The highest BCUT2D eigenvalue weighted by atomic mass is 32.1. The summed E-state index contributed by atoms with van der Waals surface area (Å²) in [6.45, 7) is 1.64. The van der Waals surface area contributed by atoms with Gasteiger partial charge >= 0.3 is 0 Å². The Morgan fingerprint density at radius 1 is 1.56 bits per heavy atom. The minimum Gasteiger partial charge on any atom is -0.378 e. The molecule has 1 atom stereocenters. The molecule has 2 rings (SSSR count). The molecule has 1 amide bonds. The van der Waals surface area contributed by atoms with E-state index >= 15 is 0 Å². The fraction of sp³-hybridized carbons (Fsp3) is 0.462. The first-order valence-electron chi connectivity index (χ1n) is 5.86. The van der Waals surface area contributed by atoms with Crippen molar-refractivity contribution in [1.82, 2.24) is 5.32 Å². The Morgan fingerprint density at radius 2 is 2.33 bits per heavy atom. The summed E-state index contributed by atoms with van der Waals surface area (Å²) in [5, 5.41) is 2.88. The van der Waals surface area contributed by atoms with Gasteiger partial charge in [-0.2, -0.15) is 0 Å². The van der Waals surface area contributed by atoms with Gasteiger partial charge in [-0.05, 0) is 12.1 Å². The summed E-state index contributed by atoms with van der Waals surface area (Å²) < 4.78 is 10.8. The van der Waals surface area contributed by atoms with Crippen LogP contribution in [0.3, 0.4) is 0 Å². The summed E-state index contributed by atoms with van der Waals surface area (Å²) in [5.74, 6) is -0.135. The number of nitrogens with one attached hydrogen (secondary N) is 1. The molecule has 0 radical (unpaired) electrons. The second-order valence-corrected chi connectivity index (χ2v) is 4.87. The molecule has 1 unspecified atom stereocenters.